The van der Waals surface area contributed by atoms with Crippen molar-refractivity contribution in [3.8, 4) is 5.75 Å². The van der Waals surface area contributed by atoms with E-state index in [-0.39, 0.29) is 12.4 Å². The van der Waals surface area contributed by atoms with Crippen LogP contribution < -0.4 is 10.5 Å². The quantitative estimate of drug-likeness (QED) is 0.913. The average Bonchev–Trinajstić information content (AvgIpc) is 2.35. The van der Waals surface area contributed by atoms with Crippen LogP contribution in [0.5, 0.6) is 5.75 Å². The van der Waals surface area contributed by atoms with Crippen LogP contribution in [0.2, 0.25) is 0 Å². The van der Waals surface area contributed by atoms with Crippen molar-refractivity contribution >= 4 is 12.4 Å². The SMILES string of the molecule is CCOc1ccccc1CN1CCC(N)CC1.Cl. The molecule has 0 spiro atoms. The second kappa shape index (κ2) is 7.62. The summed E-state index contributed by atoms with van der Waals surface area (Å²) in [4.78, 5) is 2.46. The molecule has 1 heterocycles. The molecular formula is C14H23ClN2O. The van der Waals surface area contributed by atoms with E-state index in [2.05, 4.69) is 23.1 Å². The van der Waals surface area contributed by atoms with E-state index in [1.807, 2.05) is 13.0 Å². The molecule has 1 aliphatic heterocycles. The van der Waals surface area contributed by atoms with Crippen LogP contribution in [0.25, 0.3) is 0 Å². The van der Waals surface area contributed by atoms with Crippen LogP contribution in [0.15, 0.2) is 24.3 Å². The van der Waals surface area contributed by atoms with Gasteiger partial charge in [0.2, 0.25) is 0 Å². The zero-order valence-electron chi connectivity index (χ0n) is 11.0. The molecule has 1 aromatic rings. The third-order valence-electron chi connectivity index (χ3n) is 3.30. The Kier molecular flexibility index (Phi) is 6.47. The summed E-state index contributed by atoms with van der Waals surface area (Å²) in [5.74, 6) is 1.02. The molecule has 102 valence electrons. The zero-order chi connectivity index (χ0) is 12.1. The minimum absolute atomic E-state index is 0. The van der Waals surface area contributed by atoms with Gasteiger partial charge >= 0.3 is 0 Å². The maximum absolute atomic E-state index is 5.92. The van der Waals surface area contributed by atoms with Crippen molar-refractivity contribution in [3.05, 3.63) is 29.8 Å². The Morgan fingerprint density at radius 1 is 1.28 bits per heavy atom. The molecular weight excluding hydrogens is 248 g/mol. The van der Waals surface area contributed by atoms with E-state index >= 15 is 0 Å². The van der Waals surface area contributed by atoms with Gasteiger partial charge in [-0.3, -0.25) is 4.90 Å². The third-order valence-corrected chi connectivity index (χ3v) is 3.30. The van der Waals surface area contributed by atoms with Gasteiger partial charge in [0.1, 0.15) is 5.75 Å². The molecule has 1 fully saturated rings. The summed E-state index contributed by atoms with van der Waals surface area (Å²) in [5.41, 5.74) is 7.20. The molecule has 0 aromatic heterocycles. The Bertz CT molecular complexity index is 351. The van der Waals surface area contributed by atoms with Gasteiger partial charge in [0.25, 0.3) is 0 Å². The maximum atomic E-state index is 5.92. The molecule has 0 amide bonds. The Labute approximate surface area is 116 Å². The summed E-state index contributed by atoms with van der Waals surface area (Å²) < 4.78 is 5.65. The largest absolute Gasteiger partial charge is 0.494 e. The van der Waals surface area contributed by atoms with Gasteiger partial charge < -0.3 is 10.5 Å². The first-order chi connectivity index (χ1) is 8.29. The van der Waals surface area contributed by atoms with Crippen molar-refractivity contribution in [1.29, 1.82) is 0 Å². The summed E-state index contributed by atoms with van der Waals surface area (Å²) in [6, 6.07) is 8.70. The van der Waals surface area contributed by atoms with Crippen LogP contribution in [-0.4, -0.2) is 30.6 Å². The first-order valence-electron chi connectivity index (χ1n) is 6.48. The zero-order valence-corrected chi connectivity index (χ0v) is 11.8. The average molecular weight is 271 g/mol. The van der Waals surface area contributed by atoms with Crippen molar-refractivity contribution in [2.45, 2.75) is 32.4 Å². The normalized spacial score (nSPS) is 17.2. The van der Waals surface area contributed by atoms with E-state index in [4.69, 9.17) is 10.5 Å². The highest BCUT2D eigenvalue weighted by atomic mass is 35.5. The van der Waals surface area contributed by atoms with E-state index < -0.39 is 0 Å². The van der Waals surface area contributed by atoms with Crippen molar-refractivity contribution in [1.82, 2.24) is 4.90 Å². The second-order valence-electron chi connectivity index (χ2n) is 4.65. The highest BCUT2D eigenvalue weighted by molar-refractivity contribution is 5.85. The monoisotopic (exact) mass is 270 g/mol. The molecule has 4 heteroatoms. The van der Waals surface area contributed by atoms with Gasteiger partial charge in [0, 0.05) is 18.2 Å². The number of benzene rings is 1. The lowest BCUT2D eigenvalue weighted by Gasteiger charge is -2.30. The number of piperidine rings is 1. The summed E-state index contributed by atoms with van der Waals surface area (Å²) >= 11 is 0. The number of hydrogen-bond donors (Lipinski definition) is 1. The van der Waals surface area contributed by atoms with Gasteiger partial charge in [0.15, 0.2) is 0 Å². The van der Waals surface area contributed by atoms with E-state index in [0.29, 0.717) is 6.04 Å². The van der Waals surface area contributed by atoms with Gasteiger partial charge in [-0.25, -0.2) is 0 Å². The lowest BCUT2D eigenvalue weighted by molar-refractivity contribution is 0.202. The van der Waals surface area contributed by atoms with E-state index in [9.17, 15) is 0 Å². The molecule has 1 saturated heterocycles. The molecule has 0 unspecified atom stereocenters. The van der Waals surface area contributed by atoms with Gasteiger partial charge in [-0.05, 0) is 38.9 Å². The molecule has 0 atom stereocenters. The van der Waals surface area contributed by atoms with E-state index in [1.165, 1.54) is 5.56 Å². The molecule has 0 aliphatic carbocycles. The van der Waals surface area contributed by atoms with Gasteiger partial charge in [0.05, 0.1) is 6.61 Å². The van der Waals surface area contributed by atoms with Crippen LogP contribution in [0.1, 0.15) is 25.3 Å². The third kappa shape index (κ3) is 4.16. The predicted octanol–water partition coefficient (Wildman–Crippen LogP) is 2.43. The Balaban J connectivity index is 0.00000162. The summed E-state index contributed by atoms with van der Waals surface area (Å²) in [6.07, 6.45) is 2.22. The van der Waals surface area contributed by atoms with Gasteiger partial charge in [-0.15, -0.1) is 12.4 Å². The molecule has 1 aromatic carbocycles. The molecule has 18 heavy (non-hydrogen) atoms. The topological polar surface area (TPSA) is 38.5 Å². The van der Waals surface area contributed by atoms with Crippen LogP contribution >= 0.6 is 12.4 Å². The Morgan fingerprint density at radius 3 is 2.61 bits per heavy atom. The summed E-state index contributed by atoms with van der Waals surface area (Å²) in [6.45, 7) is 5.92. The number of para-hydroxylation sites is 1. The lowest BCUT2D eigenvalue weighted by Crippen LogP contribution is -2.39. The Morgan fingerprint density at radius 2 is 1.94 bits per heavy atom. The minimum atomic E-state index is 0. The summed E-state index contributed by atoms with van der Waals surface area (Å²) in [5, 5.41) is 0. The molecule has 0 saturated carbocycles. The predicted molar refractivity (Wildman–Crippen MR) is 77.3 cm³/mol. The number of nitrogens with zero attached hydrogens (tertiary/aromatic N) is 1. The fourth-order valence-corrected chi connectivity index (χ4v) is 2.28. The fraction of sp³-hybridized carbons (Fsp3) is 0.571. The molecule has 2 rings (SSSR count). The second-order valence-corrected chi connectivity index (χ2v) is 4.65. The maximum Gasteiger partial charge on any atom is 0.123 e. The van der Waals surface area contributed by atoms with Crippen molar-refractivity contribution in [3.63, 3.8) is 0 Å². The number of hydrogen-bond acceptors (Lipinski definition) is 3. The van der Waals surface area contributed by atoms with Crippen molar-refractivity contribution in [2.75, 3.05) is 19.7 Å². The van der Waals surface area contributed by atoms with Gasteiger partial charge in [-0.1, -0.05) is 18.2 Å². The smallest absolute Gasteiger partial charge is 0.123 e. The van der Waals surface area contributed by atoms with Crippen LogP contribution in [0.4, 0.5) is 0 Å². The highest BCUT2D eigenvalue weighted by Gasteiger charge is 2.17. The molecule has 3 nitrogen and oxygen atoms in total. The van der Waals surface area contributed by atoms with Gasteiger partial charge in [-0.2, -0.15) is 0 Å². The molecule has 2 N–H and O–H groups in total. The van der Waals surface area contributed by atoms with Crippen LogP contribution in [0.3, 0.4) is 0 Å². The van der Waals surface area contributed by atoms with E-state index in [0.717, 1.165) is 44.8 Å². The molecule has 1 aliphatic rings. The number of nitrogens with two attached hydrogens (primary N) is 1. The van der Waals surface area contributed by atoms with Crippen LogP contribution in [-0.2, 0) is 6.54 Å². The first-order valence-corrected chi connectivity index (χ1v) is 6.48. The number of likely N-dealkylation sites (tertiary alicyclic amines) is 1. The van der Waals surface area contributed by atoms with Crippen molar-refractivity contribution < 1.29 is 4.74 Å². The number of halogens is 1. The van der Waals surface area contributed by atoms with Crippen LogP contribution in [0, 0.1) is 0 Å². The fourth-order valence-electron chi connectivity index (χ4n) is 2.28. The van der Waals surface area contributed by atoms with E-state index in [1.54, 1.807) is 0 Å². The first kappa shape index (κ1) is 15.3. The highest BCUT2D eigenvalue weighted by Crippen LogP contribution is 2.21. The molecule has 0 bridgehead atoms. The summed E-state index contributed by atoms with van der Waals surface area (Å²) in [7, 11) is 0. The molecule has 0 radical (unpaired) electrons. The van der Waals surface area contributed by atoms with Crippen molar-refractivity contribution in [2.24, 2.45) is 5.73 Å². The number of rotatable bonds is 4. The Hall–Kier alpha value is -0.770. The lowest BCUT2D eigenvalue weighted by atomic mass is 10.1. The number of ether oxygens (including phenoxy) is 1. The minimum Gasteiger partial charge on any atom is -0.494 e. The standard InChI is InChI=1S/C14H22N2O.ClH/c1-2-17-14-6-4-3-5-12(14)11-16-9-7-13(15)8-10-16;/h3-6,13H,2,7-11,15H2,1H3;1H.